The third-order valence-corrected chi connectivity index (χ3v) is 5.23. The summed E-state index contributed by atoms with van der Waals surface area (Å²) >= 11 is 7.89. The summed E-state index contributed by atoms with van der Waals surface area (Å²) < 4.78 is 1.05. The molecule has 4 rings (SSSR count). The number of thiophene rings is 1. The van der Waals surface area contributed by atoms with Gasteiger partial charge in [-0.3, -0.25) is 0 Å². The van der Waals surface area contributed by atoms with Crippen molar-refractivity contribution in [1.29, 1.82) is 0 Å². The molecule has 0 aliphatic heterocycles. The van der Waals surface area contributed by atoms with E-state index >= 15 is 0 Å². The van der Waals surface area contributed by atoms with E-state index in [2.05, 4.69) is 22.4 Å². The fourth-order valence-corrected chi connectivity index (χ4v) is 3.63. The molecule has 1 N–H and O–H groups in total. The van der Waals surface area contributed by atoms with Crippen LogP contribution in [0.2, 0.25) is 5.02 Å². The van der Waals surface area contributed by atoms with E-state index in [4.69, 9.17) is 16.6 Å². The van der Waals surface area contributed by atoms with Crippen molar-refractivity contribution in [2.75, 3.05) is 5.32 Å². The normalized spacial score (nSPS) is 11.3. The summed E-state index contributed by atoms with van der Waals surface area (Å²) in [5.41, 5.74) is 3.10. The van der Waals surface area contributed by atoms with E-state index < -0.39 is 0 Å². The Hall–Kier alpha value is -2.69. The van der Waals surface area contributed by atoms with Gasteiger partial charge in [0.15, 0.2) is 5.82 Å². The van der Waals surface area contributed by atoms with Crippen molar-refractivity contribution in [2.24, 2.45) is 0 Å². The van der Waals surface area contributed by atoms with Gasteiger partial charge in [-0.15, -0.1) is 11.3 Å². The predicted octanol–water partition coefficient (Wildman–Crippen LogP) is 6.13. The van der Waals surface area contributed by atoms with Crippen LogP contribution in [-0.2, 0) is 6.54 Å². The van der Waals surface area contributed by atoms with Crippen LogP contribution < -0.4 is 5.32 Å². The highest BCUT2D eigenvalue weighted by molar-refractivity contribution is 7.17. The maximum atomic E-state index is 6.26. The summed E-state index contributed by atoms with van der Waals surface area (Å²) in [7, 11) is 0. The minimum atomic E-state index is 0.617. The highest BCUT2D eigenvalue weighted by Gasteiger charge is 2.08. The molecule has 0 bridgehead atoms. The van der Waals surface area contributed by atoms with Crippen molar-refractivity contribution in [1.82, 2.24) is 9.97 Å². The van der Waals surface area contributed by atoms with Crippen molar-refractivity contribution in [3.05, 3.63) is 88.0 Å². The third kappa shape index (κ3) is 3.77. The average Bonchev–Trinajstić information content (AvgIpc) is 3.15. The standard InChI is InChI=1S/C21H16ClN3S/c22-17-9-5-4-8-16(17)14-23-21-20-18(12-13-26-20)24-19(25-21)11-10-15-6-2-1-3-7-15/h1-13H,14H2,(H,23,24,25)/b11-10+. The number of anilines is 1. The lowest BCUT2D eigenvalue weighted by atomic mass is 10.2. The second-order valence-electron chi connectivity index (χ2n) is 5.75. The molecule has 2 heterocycles. The number of hydrogen-bond acceptors (Lipinski definition) is 4. The van der Waals surface area contributed by atoms with Gasteiger partial charge in [-0.1, -0.05) is 66.2 Å². The Labute approximate surface area is 161 Å². The molecule has 3 nitrogen and oxygen atoms in total. The molecule has 2 aromatic heterocycles. The first-order valence-corrected chi connectivity index (χ1v) is 9.51. The maximum Gasteiger partial charge on any atom is 0.155 e. The molecule has 26 heavy (non-hydrogen) atoms. The van der Waals surface area contributed by atoms with Crippen molar-refractivity contribution in [2.45, 2.75) is 6.54 Å². The van der Waals surface area contributed by atoms with Crippen LogP contribution in [0.5, 0.6) is 0 Å². The van der Waals surface area contributed by atoms with Crippen LogP contribution in [0.4, 0.5) is 5.82 Å². The molecule has 0 atom stereocenters. The lowest BCUT2D eigenvalue weighted by Gasteiger charge is -2.09. The van der Waals surface area contributed by atoms with Crippen LogP contribution >= 0.6 is 22.9 Å². The highest BCUT2D eigenvalue weighted by Crippen LogP contribution is 2.27. The summed E-state index contributed by atoms with van der Waals surface area (Å²) in [6.07, 6.45) is 3.96. The Morgan fingerprint density at radius 1 is 0.923 bits per heavy atom. The van der Waals surface area contributed by atoms with E-state index in [1.807, 2.05) is 66.1 Å². The number of nitrogens with one attached hydrogen (secondary N) is 1. The van der Waals surface area contributed by atoms with E-state index in [0.717, 1.165) is 32.2 Å². The Balaban J connectivity index is 1.62. The fourth-order valence-electron chi connectivity index (χ4n) is 2.63. The van der Waals surface area contributed by atoms with Crippen molar-refractivity contribution < 1.29 is 0 Å². The van der Waals surface area contributed by atoms with Crippen LogP contribution in [0.3, 0.4) is 0 Å². The molecule has 0 saturated carbocycles. The fraction of sp³-hybridized carbons (Fsp3) is 0.0476. The summed E-state index contributed by atoms with van der Waals surface area (Å²) in [5.74, 6) is 1.51. The number of nitrogens with zero attached hydrogens (tertiary/aromatic N) is 2. The summed E-state index contributed by atoms with van der Waals surface area (Å²) in [6, 6.07) is 20.0. The number of halogens is 1. The Morgan fingerprint density at radius 3 is 2.58 bits per heavy atom. The molecule has 0 amide bonds. The molecule has 0 fully saturated rings. The molecule has 0 spiro atoms. The lowest BCUT2D eigenvalue weighted by molar-refractivity contribution is 1.10. The third-order valence-electron chi connectivity index (χ3n) is 3.95. The van der Waals surface area contributed by atoms with Crippen molar-refractivity contribution in [3.8, 4) is 0 Å². The van der Waals surface area contributed by atoms with Crippen LogP contribution in [0.15, 0.2) is 66.0 Å². The van der Waals surface area contributed by atoms with Gasteiger partial charge < -0.3 is 5.32 Å². The molecule has 5 heteroatoms. The smallest absolute Gasteiger partial charge is 0.155 e. The molecule has 2 aromatic carbocycles. The predicted molar refractivity (Wildman–Crippen MR) is 112 cm³/mol. The highest BCUT2D eigenvalue weighted by atomic mass is 35.5. The van der Waals surface area contributed by atoms with Crippen LogP contribution in [0.1, 0.15) is 17.0 Å². The van der Waals surface area contributed by atoms with Gasteiger partial charge in [0.1, 0.15) is 5.82 Å². The summed E-state index contributed by atoms with van der Waals surface area (Å²) in [4.78, 5) is 9.32. The zero-order chi connectivity index (χ0) is 17.8. The number of fused-ring (bicyclic) bond motifs is 1. The molecule has 0 aliphatic carbocycles. The van der Waals surface area contributed by atoms with E-state index in [1.54, 1.807) is 11.3 Å². The van der Waals surface area contributed by atoms with Gasteiger partial charge in [0.2, 0.25) is 0 Å². The van der Waals surface area contributed by atoms with Crippen molar-refractivity contribution >= 4 is 51.1 Å². The molecule has 128 valence electrons. The number of hydrogen-bond donors (Lipinski definition) is 1. The average molecular weight is 378 g/mol. The lowest BCUT2D eigenvalue weighted by Crippen LogP contribution is -2.03. The molecular weight excluding hydrogens is 362 g/mol. The molecule has 0 unspecified atom stereocenters. The van der Waals surface area contributed by atoms with Crippen LogP contribution in [0, 0.1) is 0 Å². The first kappa shape index (κ1) is 16.8. The van der Waals surface area contributed by atoms with Gasteiger partial charge in [-0.2, -0.15) is 0 Å². The largest absolute Gasteiger partial charge is 0.365 e. The van der Waals surface area contributed by atoms with Gasteiger partial charge in [-0.05, 0) is 34.7 Å². The summed E-state index contributed by atoms with van der Waals surface area (Å²) in [6.45, 7) is 0.617. The Kier molecular flexibility index (Phi) is 4.95. The summed E-state index contributed by atoms with van der Waals surface area (Å²) in [5, 5.41) is 6.19. The molecule has 0 radical (unpaired) electrons. The first-order valence-electron chi connectivity index (χ1n) is 8.25. The van der Waals surface area contributed by atoms with Crippen LogP contribution in [0.25, 0.3) is 22.4 Å². The van der Waals surface area contributed by atoms with Gasteiger partial charge in [0.05, 0.1) is 10.2 Å². The maximum absolute atomic E-state index is 6.26. The monoisotopic (exact) mass is 377 g/mol. The van der Waals surface area contributed by atoms with E-state index in [9.17, 15) is 0 Å². The zero-order valence-electron chi connectivity index (χ0n) is 13.9. The number of aromatic nitrogens is 2. The van der Waals surface area contributed by atoms with Gasteiger partial charge in [0, 0.05) is 11.6 Å². The SMILES string of the molecule is Clc1ccccc1CNc1nc(/C=C/c2ccccc2)nc2ccsc12. The minimum Gasteiger partial charge on any atom is -0.365 e. The van der Waals surface area contributed by atoms with E-state index in [1.165, 1.54) is 0 Å². The van der Waals surface area contributed by atoms with Gasteiger partial charge in [-0.25, -0.2) is 9.97 Å². The topological polar surface area (TPSA) is 37.8 Å². The second kappa shape index (κ2) is 7.68. The zero-order valence-corrected chi connectivity index (χ0v) is 15.5. The Bertz CT molecular complexity index is 1060. The molecular formula is C21H16ClN3S. The minimum absolute atomic E-state index is 0.617. The van der Waals surface area contributed by atoms with Gasteiger partial charge >= 0.3 is 0 Å². The number of benzene rings is 2. The van der Waals surface area contributed by atoms with Gasteiger partial charge in [0.25, 0.3) is 0 Å². The second-order valence-corrected chi connectivity index (χ2v) is 7.08. The van der Waals surface area contributed by atoms with E-state index in [-0.39, 0.29) is 0 Å². The number of rotatable bonds is 5. The molecule has 0 saturated heterocycles. The Morgan fingerprint density at radius 2 is 1.73 bits per heavy atom. The van der Waals surface area contributed by atoms with E-state index in [0.29, 0.717) is 12.4 Å². The quantitative estimate of drug-likeness (QED) is 0.454. The van der Waals surface area contributed by atoms with Crippen molar-refractivity contribution in [3.63, 3.8) is 0 Å². The first-order chi connectivity index (χ1) is 12.8. The molecule has 4 aromatic rings. The molecule has 0 aliphatic rings. The van der Waals surface area contributed by atoms with Crippen LogP contribution in [-0.4, -0.2) is 9.97 Å².